The molecular formula is C16H15FN2. The van der Waals surface area contributed by atoms with Crippen molar-refractivity contribution < 1.29 is 4.39 Å². The maximum atomic E-state index is 13.6. The molecule has 0 radical (unpaired) electrons. The van der Waals surface area contributed by atoms with Crippen LogP contribution in [0.3, 0.4) is 0 Å². The largest absolute Gasteiger partial charge is 0.381 e. The average Bonchev–Trinajstić information content (AvgIpc) is 2.39. The van der Waals surface area contributed by atoms with Gasteiger partial charge >= 0.3 is 0 Å². The number of aryl methyl sites for hydroxylation is 2. The lowest BCUT2D eigenvalue weighted by atomic mass is 10.1. The van der Waals surface area contributed by atoms with E-state index in [1.165, 1.54) is 17.7 Å². The molecule has 96 valence electrons. The number of hydrogen-bond acceptors (Lipinski definition) is 2. The van der Waals surface area contributed by atoms with Gasteiger partial charge in [0, 0.05) is 17.8 Å². The number of halogens is 1. The van der Waals surface area contributed by atoms with Crippen LogP contribution < -0.4 is 5.32 Å². The fourth-order valence-electron chi connectivity index (χ4n) is 1.98. The predicted molar refractivity (Wildman–Crippen MR) is 74.4 cm³/mol. The summed E-state index contributed by atoms with van der Waals surface area (Å²) in [4.78, 5) is 0. The lowest BCUT2D eigenvalue weighted by Gasteiger charge is -2.11. The van der Waals surface area contributed by atoms with E-state index in [2.05, 4.69) is 11.4 Å². The smallest absolute Gasteiger partial charge is 0.128 e. The molecule has 0 aliphatic heterocycles. The summed E-state index contributed by atoms with van der Waals surface area (Å²) in [5.74, 6) is -0.295. The van der Waals surface area contributed by atoms with Crippen LogP contribution in [0.1, 0.15) is 22.3 Å². The van der Waals surface area contributed by atoms with Crippen molar-refractivity contribution in [3.05, 3.63) is 64.5 Å². The summed E-state index contributed by atoms with van der Waals surface area (Å²) in [5, 5.41) is 12.0. The summed E-state index contributed by atoms with van der Waals surface area (Å²) in [6.45, 7) is 4.41. The highest BCUT2D eigenvalue weighted by Gasteiger charge is 2.04. The minimum atomic E-state index is -0.295. The van der Waals surface area contributed by atoms with Crippen LogP contribution in [-0.4, -0.2) is 0 Å². The Bertz CT molecular complexity index is 642. The van der Waals surface area contributed by atoms with Crippen molar-refractivity contribution in [1.82, 2.24) is 0 Å². The quantitative estimate of drug-likeness (QED) is 0.900. The number of anilines is 1. The number of nitrogens with zero attached hydrogens (tertiary/aromatic N) is 1. The Balaban J connectivity index is 2.16. The molecule has 1 N–H and O–H groups in total. The van der Waals surface area contributed by atoms with E-state index >= 15 is 0 Å². The highest BCUT2D eigenvalue weighted by atomic mass is 19.1. The van der Waals surface area contributed by atoms with E-state index in [0.717, 1.165) is 11.3 Å². The van der Waals surface area contributed by atoms with Crippen LogP contribution >= 0.6 is 0 Å². The summed E-state index contributed by atoms with van der Waals surface area (Å²) in [6, 6.07) is 12.5. The predicted octanol–water partition coefficient (Wildman–Crippen LogP) is 3.93. The first-order valence-corrected chi connectivity index (χ1v) is 6.10. The Kier molecular flexibility index (Phi) is 3.82. The number of benzene rings is 2. The van der Waals surface area contributed by atoms with Crippen LogP contribution in [0.25, 0.3) is 0 Å². The van der Waals surface area contributed by atoms with Crippen molar-refractivity contribution >= 4 is 5.69 Å². The molecule has 2 nitrogen and oxygen atoms in total. The van der Waals surface area contributed by atoms with E-state index in [4.69, 9.17) is 5.26 Å². The van der Waals surface area contributed by atoms with Crippen molar-refractivity contribution in [1.29, 1.82) is 5.26 Å². The number of hydrogen-bond donors (Lipinski definition) is 1. The van der Waals surface area contributed by atoms with Crippen LogP contribution in [-0.2, 0) is 6.54 Å². The van der Waals surface area contributed by atoms with E-state index < -0.39 is 0 Å². The molecule has 0 saturated heterocycles. The molecule has 0 unspecified atom stereocenters. The fourth-order valence-corrected chi connectivity index (χ4v) is 1.98. The molecule has 3 heteroatoms. The van der Waals surface area contributed by atoms with Crippen LogP contribution in [0.4, 0.5) is 10.1 Å². The Morgan fingerprint density at radius 1 is 1.16 bits per heavy atom. The highest BCUT2D eigenvalue weighted by molar-refractivity contribution is 5.52. The summed E-state index contributed by atoms with van der Waals surface area (Å²) >= 11 is 0. The third kappa shape index (κ3) is 3.11. The van der Waals surface area contributed by atoms with Crippen LogP contribution in [0, 0.1) is 31.0 Å². The lowest BCUT2D eigenvalue weighted by Crippen LogP contribution is -2.03. The standard InChI is InChI=1S/C16H15FN2/c1-11-3-6-16(12(2)7-11)19-10-14-8-13(9-18)4-5-15(14)17/h3-8,19H,10H2,1-2H3. The first-order chi connectivity index (χ1) is 9.10. The molecular weight excluding hydrogens is 239 g/mol. The molecule has 0 amide bonds. The summed E-state index contributed by atoms with van der Waals surface area (Å²) < 4.78 is 13.6. The average molecular weight is 254 g/mol. The highest BCUT2D eigenvalue weighted by Crippen LogP contribution is 2.18. The van der Waals surface area contributed by atoms with Crippen LogP contribution in [0.2, 0.25) is 0 Å². The minimum Gasteiger partial charge on any atom is -0.381 e. The molecule has 0 aliphatic carbocycles. The molecule has 2 aromatic rings. The first-order valence-electron chi connectivity index (χ1n) is 6.10. The Morgan fingerprint density at radius 3 is 2.63 bits per heavy atom. The zero-order chi connectivity index (χ0) is 13.8. The number of rotatable bonds is 3. The molecule has 0 saturated carbocycles. The maximum Gasteiger partial charge on any atom is 0.128 e. The van der Waals surface area contributed by atoms with Gasteiger partial charge in [-0.3, -0.25) is 0 Å². The molecule has 0 aromatic heterocycles. The summed E-state index contributed by atoms with van der Waals surface area (Å²) in [6.07, 6.45) is 0. The number of nitriles is 1. The molecule has 0 spiro atoms. The van der Waals surface area contributed by atoms with E-state index in [1.807, 2.05) is 32.0 Å². The van der Waals surface area contributed by atoms with E-state index in [1.54, 1.807) is 6.07 Å². The summed E-state index contributed by atoms with van der Waals surface area (Å²) in [5.41, 5.74) is 4.27. The molecule has 0 atom stereocenters. The molecule has 0 heterocycles. The molecule has 2 rings (SSSR count). The summed E-state index contributed by atoms with van der Waals surface area (Å²) in [7, 11) is 0. The third-order valence-corrected chi connectivity index (χ3v) is 3.03. The maximum absolute atomic E-state index is 13.6. The van der Waals surface area contributed by atoms with Gasteiger partial charge in [0.05, 0.1) is 11.6 Å². The van der Waals surface area contributed by atoms with Gasteiger partial charge in [0.15, 0.2) is 0 Å². The topological polar surface area (TPSA) is 35.8 Å². The van der Waals surface area contributed by atoms with Gasteiger partial charge < -0.3 is 5.32 Å². The van der Waals surface area contributed by atoms with Gasteiger partial charge in [-0.1, -0.05) is 17.7 Å². The lowest BCUT2D eigenvalue weighted by molar-refractivity contribution is 0.612. The van der Waals surface area contributed by atoms with Crippen molar-refractivity contribution in [2.24, 2.45) is 0 Å². The van der Waals surface area contributed by atoms with Crippen molar-refractivity contribution in [2.45, 2.75) is 20.4 Å². The van der Waals surface area contributed by atoms with E-state index in [-0.39, 0.29) is 5.82 Å². The van der Waals surface area contributed by atoms with E-state index in [0.29, 0.717) is 17.7 Å². The fraction of sp³-hybridized carbons (Fsp3) is 0.188. The minimum absolute atomic E-state index is 0.295. The third-order valence-electron chi connectivity index (χ3n) is 3.03. The number of nitrogens with one attached hydrogen (secondary N) is 1. The zero-order valence-corrected chi connectivity index (χ0v) is 11.0. The zero-order valence-electron chi connectivity index (χ0n) is 11.0. The molecule has 2 aromatic carbocycles. The van der Waals surface area contributed by atoms with Gasteiger partial charge in [-0.05, 0) is 43.7 Å². The van der Waals surface area contributed by atoms with E-state index in [9.17, 15) is 4.39 Å². The Hall–Kier alpha value is -2.34. The molecule has 19 heavy (non-hydrogen) atoms. The van der Waals surface area contributed by atoms with Crippen LogP contribution in [0.5, 0.6) is 0 Å². The molecule has 0 aliphatic rings. The van der Waals surface area contributed by atoms with Gasteiger partial charge in [-0.15, -0.1) is 0 Å². The van der Waals surface area contributed by atoms with Gasteiger partial charge in [0.2, 0.25) is 0 Å². The second-order valence-electron chi connectivity index (χ2n) is 4.59. The van der Waals surface area contributed by atoms with Gasteiger partial charge in [0.1, 0.15) is 5.82 Å². The SMILES string of the molecule is Cc1ccc(NCc2cc(C#N)ccc2F)c(C)c1. The van der Waals surface area contributed by atoms with Gasteiger partial charge in [0.25, 0.3) is 0 Å². The van der Waals surface area contributed by atoms with Crippen LogP contribution in [0.15, 0.2) is 36.4 Å². The first kappa shape index (κ1) is 13.1. The van der Waals surface area contributed by atoms with Gasteiger partial charge in [-0.25, -0.2) is 4.39 Å². The van der Waals surface area contributed by atoms with Crippen molar-refractivity contribution in [2.75, 3.05) is 5.32 Å². The van der Waals surface area contributed by atoms with Crippen molar-refractivity contribution in [3.8, 4) is 6.07 Å². The second kappa shape index (κ2) is 5.53. The van der Waals surface area contributed by atoms with Gasteiger partial charge in [-0.2, -0.15) is 5.26 Å². The Morgan fingerprint density at radius 2 is 1.95 bits per heavy atom. The second-order valence-corrected chi connectivity index (χ2v) is 4.59. The normalized spacial score (nSPS) is 10.0. The Labute approximate surface area is 112 Å². The molecule has 0 fully saturated rings. The monoisotopic (exact) mass is 254 g/mol. The van der Waals surface area contributed by atoms with Crippen molar-refractivity contribution in [3.63, 3.8) is 0 Å². The molecule has 0 bridgehead atoms.